The highest BCUT2D eigenvalue weighted by molar-refractivity contribution is 6.22. The standard InChI is InChI=1S/C11H9ClN2O5/c1-2-10-8(16)11(10,18)6(12)7(19-10)14-4-3-5(15)13-9(14)17/h1,3-4,6-8,16,18H,(H,13,15,17)/t6-,7+,8?,10+,11+/m0/s1. The van der Waals surface area contributed by atoms with E-state index < -0.39 is 40.2 Å². The number of hydrogen-bond donors (Lipinski definition) is 3. The summed E-state index contributed by atoms with van der Waals surface area (Å²) in [5.41, 5.74) is -4.72. The number of ether oxygens (including phenoxy) is 1. The zero-order valence-corrected chi connectivity index (χ0v) is 10.2. The van der Waals surface area contributed by atoms with Gasteiger partial charge in [0.2, 0.25) is 0 Å². The van der Waals surface area contributed by atoms with E-state index >= 15 is 0 Å². The zero-order valence-electron chi connectivity index (χ0n) is 9.41. The van der Waals surface area contributed by atoms with Crippen LogP contribution in [0.2, 0.25) is 0 Å². The fourth-order valence-corrected chi connectivity index (χ4v) is 2.93. The summed E-state index contributed by atoms with van der Waals surface area (Å²) in [6.07, 6.45) is 4.06. The number of H-pyrrole nitrogens is 1. The highest BCUT2D eigenvalue weighted by Crippen LogP contribution is 2.63. The number of nitrogens with one attached hydrogen (secondary N) is 1. The molecule has 2 aliphatic rings. The molecule has 1 unspecified atom stereocenters. The number of halogens is 1. The second-order valence-corrected chi connectivity index (χ2v) is 5.01. The molecule has 1 aliphatic carbocycles. The largest absolute Gasteiger partial charge is 0.386 e. The Labute approximate surface area is 111 Å². The molecule has 3 rings (SSSR count). The lowest BCUT2D eigenvalue weighted by Gasteiger charge is -2.21. The van der Waals surface area contributed by atoms with Gasteiger partial charge in [0.15, 0.2) is 17.4 Å². The number of aliphatic hydroxyl groups is 2. The van der Waals surface area contributed by atoms with Gasteiger partial charge < -0.3 is 14.9 Å². The number of aliphatic hydroxyl groups excluding tert-OH is 1. The zero-order chi connectivity index (χ0) is 14.0. The first kappa shape index (κ1) is 12.4. The number of terminal acetylenes is 1. The van der Waals surface area contributed by atoms with Gasteiger partial charge in [0.25, 0.3) is 5.56 Å². The first-order valence-electron chi connectivity index (χ1n) is 5.40. The Morgan fingerprint density at radius 3 is 2.79 bits per heavy atom. The van der Waals surface area contributed by atoms with Crippen molar-refractivity contribution in [3.05, 3.63) is 33.1 Å². The van der Waals surface area contributed by atoms with Gasteiger partial charge in [-0.05, 0) is 0 Å². The van der Waals surface area contributed by atoms with Crippen LogP contribution in [0.4, 0.5) is 0 Å². The van der Waals surface area contributed by atoms with Crippen LogP contribution >= 0.6 is 11.6 Å². The normalized spacial score (nSPS) is 43.6. The van der Waals surface area contributed by atoms with E-state index in [2.05, 4.69) is 5.92 Å². The molecule has 2 heterocycles. The summed E-state index contributed by atoms with van der Waals surface area (Å²) in [4.78, 5) is 24.7. The Morgan fingerprint density at radius 2 is 2.26 bits per heavy atom. The van der Waals surface area contributed by atoms with Gasteiger partial charge in [0, 0.05) is 12.3 Å². The molecule has 19 heavy (non-hydrogen) atoms. The summed E-state index contributed by atoms with van der Waals surface area (Å²) < 4.78 is 6.39. The van der Waals surface area contributed by atoms with Crippen molar-refractivity contribution in [1.29, 1.82) is 0 Å². The van der Waals surface area contributed by atoms with Crippen molar-refractivity contribution >= 4 is 11.6 Å². The van der Waals surface area contributed by atoms with Crippen LogP contribution in [0.1, 0.15) is 6.23 Å². The molecule has 1 aromatic heterocycles. The van der Waals surface area contributed by atoms with Crippen LogP contribution in [0, 0.1) is 12.3 Å². The molecule has 0 amide bonds. The smallest absolute Gasteiger partial charge is 0.330 e. The highest BCUT2D eigenvalue weighted by Gasteiger charge is 2.87. The molecule has 8 heteroatoms. The van der Waals surface area contributed by atoms with E-state index in [1.54, 1.807) is 0 Å². The first-order chi connectivity index (χ1) is 8.88. The monoisotopic (exact) mass is 284 g/mol. The Bertz CT molecular complexity index is 706. The van der Waals surface area contributed by atoms with Gasteiger partial charge in [-0.25, -0.2) is 4.79 Å². The average molecular weight is 285 g/mol. The number of nitrogens with zero attached hydrogens (tertiary/aromatic N) is 1. The summed E-state index contributed by atoms with van der Waals surface area (Å²) >= 11 is 6.04. The van der Waals surface area contributed by atoms with E-state index in [1.165, 1.54) is 6.20 Å². The fourth-order valence-electron chi connectivity index (χ4n) is 2.47. The fraction of sp³-hybridized carbons (Fsp3) is 0.455. The molecule has 0 spiro atoms. The van der Waals surface area contributed by atoms with Crippen molar-refractivity contribution in [1.82, 2.24) is 9.55 Å². The first-order valence-corrected chi connectivity index (χ1v) is 5.83. The molecule has 1 aliphatic heterocycles. The van der Waals surface area contributed by atoms with Crippen LogP contribution in [0.15, 0.2) is 21.9 Å². The minimum atomic E-state index is -1.80. The van der Waals surface area contributed by atoms with Crippen LogP contribution < -0.4 is 11.2 Å². The molecule has 1 saturated carbocycles. The molecule has 2 fully saturated rings. The third-order valence-corrected chi connectivity index (χ3v) is 4.18. The van der Waals surface area contributed by atoms with E-state index in [9.17, 15) is 19.8 Å². The quantitative estimate of drug-likeness (QED) is 0.415. The minimum absolute atomic E-state index is 0.569. The van der Waals surface area contributed by atoms with E-state index in [4.69, 9.17) is 22.8 Å². The van der Waals surface area contributed by atoms with E-state index in [0.717, 1.165) is 10.6 Å². The maximum absolute atomic E-state index is 11.6. The average Bonchev–Trinajstić information content (AvgIpc) is 2.73. The Kier molecular flexibility index (Phi) is 2.29. The second kappa shape index (κ2) is 3.49. The molecule has 0 radical (unpaired) electrons. The van der Waals surface area contributed by atoms with Crippen LogP contribution in [-0.2, 0) is 4.74 Å². The minimum Gasteiger partial charge on any atom is -0.386 e. The van der Waals surface area contributed by atoms with Gasteiger partial charge >= 0.3 is 5.69 Å². The molecule has 1 aromatic rings. The highest BCUT2D eigenvalue weighted by atomic mass is 35.5. The summed E-state index contributed by atoms with van der Waals surface area (Å²) in [5, 5.41) is 18.7. The third-order valence-electron chi connectivity index (χ3n) is 3.63. The lowest BCUT2D eigenvalue weighted by atomic mass is 10.1. The van der Waals surface area contributed by atoms with Crippen molar-refractivity contribution in [2.24, 2.45) is 0 Å². The molecular weight excluding hydrogens is 276 g/mol. The van der Waals surface area contributed by atoms with Crippen LogP contribution in [0.5, 0.6) is 0 Å². The van der Waals surface area contributed by atoms with Crippen LogP contribution in [0.3, 0.4) is 0 Å². The molecule has 0 bridgehead atoms. The van der Waals surface area contributed by atoms with Crippen molar-refractivity contribution in [3.8, 4) is 12.3 Å². The maximum Gasteiger partial charge on any atom is 0.330 e. The summed E-state index contributed by atoms with van der Waals surface area (Å²) in [7, 11) is 0. The topological polar surface area (TPSA) is 105 Å². The van der Waals surface area contributed by atoms with Crippen molar-refractivity contribution < 1.29 is 14.9 Å². The molecule has 3 N–H and O–H groups in total. The van der Waals surface area contributed by atoms with Crippen LogP contribution in [0.25, 0.3) is 0 Å². The summed E-state index contributed by atoms with van der Waals surface area (Å²) in [6.45, 7) is 0. The van der Waals surface area contributed by atoms with Gasteiger partial charge in [-0.3, -0.25) is 14.3 Å². The summed E-state index contributed by atoms with van der Waals surface area (Å²) in [5.74, 6) is 2.17. The molecule has 100 valence electrons. The Balaban J connectivity index is 2.05. The van der Waals surface area contributed by atoms with Crippen molar-refractivity contribution in [3.63, 3.8) is 0 Å². The number of fused-ring (bicyclic) bond motifs is 1. The van der Waals surface area contributed by atoms with Gasteiger partial charge in [-0.15, -0.1) is 18.0 Å². The number of aromatic amines is 1. The number of aromatic nitrogens is 2. The molecule has 5 atom stereocenters. The van der Waals surface area contributed by atoms with Gasteiger partial charge in [0.1, 0.15) is 11.5 Å². The van der Waals surface area contributed by atoms with E-state index in [0.29, 0.717) is 0 Å². The van der Waals surface area contributed by atoms with Gasteiger partial charge in [0.05, 0.1) is 0 Å². The van der Waals surface area contributed by atoms with Crippen molar-refractivity contribution in [2.45, 2.75) is 28.9 Å². The molecule has 7 nitrogen and oxygen atoms in total. The summed E-state index contributed by atoms with van der Waals surface area (Å²) in [6, 6.07) is 1.11. The molecule has 1 saturated heterocycles. The predicted octanol–water partition coefficient (Wildman–Crippen LogP) is -1.85. The second-order valence-electron chi connectivity index (χ2n) is 4.54. The molecular formula is C11H9ClN2O5. The van der Waals surface area contributed by atoms with Crippen LogP contribution in [-0.4, -0.2) is 42.4 Å². The lowest BCUT2D eigenvalue weighted by Crippen LogP contribution is -2.39. The van der Waals surface area contributed by atoms with Gasteiger partial charge in [-0.1, -0.05) is 5.92 Å². The molecule has 0 aromatic carbocycles. The lowest BCUT2D eigenvalue weighted by molar-refractivity contribution is -0.0402. The number of rotatable bonds is 1. The van der Waals surface area contributed by atoms with Gasteiger partial charge in [-0.2, -0.15) is 0 Å². The number of hydrogen-bond acceptors (Lipinski definition) is 5. The Morgan fingerprint density at radius 1 is 1.58 bits per heavy atom. The maximum atomic E-state index is 11.6. The van der Waals surface area contributed by atoms with E-state index in [1.807, 2.05) is 4.98 Å². The van der Waals surface area contributed by atoms with Crippen molar-refractivity contribution in [2.75, 3.05) is 0 Å². The van der Waals surface area contributed by atoms with E-state index in [-0.39, 0.29) is 0 Å². The number of alkyl halides is 1. The SMILES string of the molecule is C#C[C@]12O[C@@H](n3ccc(=O)[nH]c3=O)[C@H](Cl)[C@@]1(O)C2O. The third kappa shape index (κ3) is 1.24. The Hall–Kier alpha value is -1.59. The predicted molar refractivity (Wildman–Crippen MR) is 63.6 cm³/mol.